The first-order valence-electron chi connectivity index (χ1n) is 7.84. The van der Waals surface area contributed by atoms with Gasteiger partial charge < -0.3 is 10.1 Å². The van der Waals surface area contributed by atoms with Gasteiger partial charge in [-0.3, -0.25) is 0 Å². The largest absolute Gasteiger partial charge is 0.495 e. The van der Waals surface area contributed by atoms with Crippen LogP contribution in [0, 0.1) is 5.92 Å². The van der Waals surface area contributed by atoms with Gasteiger partial charge in [-0.2, -0.15) is 0 Å². The van der Waals surface area contributed by atoms with Gasteiger partial charge >= 0.3 is 0 Å². The van der Waals surface area contributed by atoms with E-state index in [1.165, 1.54) is 0 Å². The smallest absolute Gasteiger partial charge is 0.142 e. The highest BCUT2D eigenvalue weighted by molar-refractivity contribution is 6.42. The first-order valence-corrected chi connectivity index (χ1v) is 8.98. The van der Waals surface area contributed by atoms with Crippen molar-refractivity contribution in [2.75, 3.05) is 12.4 Å². The molecule has 0 aromatic heterocycles. The van der Waals surface area contributed by atoms with E-state index in [9.17, 15) is 0 Å². The minimum absolute atomic E-state index is 0.125. The Balaban J connectivity index is 1.85. The minimum atomic E-state index is 0.125. The molecule has 4 rings (SSSR count). The molecule has 2 aromatic rings. The van der Waals surface area contributed by atoms with E-state index in [1.54, 1.807) is 7.11 Å². The van der Waals surface area contributed by atoms with E-state index in [-0.39, 0.29) is 12.0 Å². The summed E-state index contributed by atoms with van der Waals surface area (Å²) in [5.74, 6) is 1.46. The lowest BCUT2D eigenvalue weighted by Crippen LogP contribution is -2.29. The zero-order valence-electron chi connectivity index (χ0n) is 13.0. The Morgan fingerprint density at radius 1 is 1.04 bits per heavy atom. The van der Waals surface area contributed by atoms with E-state index in [1.807, 2.05) is 30.3 Å². The number of fused-ring (bicyclic) bond motifs is 3. The number of allylic oxidation sites excluding steroid dienone is 2. The molecule has 24 heavy (non-hydrogen) atoms. The average Bonchev–Trinajstić information content (AvgIpc) is 3.06. The van der Waals surface area contributed by atoms with Crippen molar-refractivity contribution in [3.8, 4) is 5.75 Å². The molecule has 1 aliphatic heterocycles. The summed E-state index contributed by atoms with van der Waals surface area (Å²) < 4.78 is 5.55. The Labute approximate surface area is 156 Å². The quantitative estimate of drug-likeness (QED) is 0.602. The van der Waals surface area contributed by atoms with Crippen LogP contribution in [0.5, 0.6) is 5.75 Å². The number of ether oxygens (including phenoxy) is 1. The van der Waals surface area contributed by atoms with E-state index in [0.29, 0.717) is 16.0 Å². The van der Waals surface area contributed by atoms with E-state index < -0.39 is 0 Å². The second-order valence-electron chi connectivity index (χ2n) is 6.19. The Hall–Kier alpha value is -1.35. The van der Waals surface area contributed by atoms with Crippen LogP contribution in [0.4, 0.5) is 5.69 Å². The van der Waals surface area contributed by atoms with Crippen LogP contribution in [-0.2, 0) is 0 Å². The number of hydrogen-bond acceptors (Lipinski definition) is 2. The topological polar surface area (TPSA) is 21.3 Å². The number of anilines is 1. The van der Waals surface area contributed by atoms with Crippen molar-refractivity contribution in [1.82, 2.24) is 0 Å². The molecule has 5 heteroatoms. The molecule has 1 N–H and O–H groups in total. The van der Waals surface area contributed by atoms with Gasteiger partial charge in [0.1, 0.15) is 5.75 Å². The molecule has 0 saturated carbocycles. The van der Waals surface area contributed by atoms with Crippen LogP contribution in [0.3, 0.4) is 0 Å². The zero-order valence-corrected chi connectivity index (χ0v) is 15.3. The SMILES string of the molecule is COc1ccc(Cl)c2c1N[C@@H](c1ccc(Cl)c(Cl)c1)[C@@H]1CC=C[C@H]21. The van der Waals surface area contributed by atoms with Gasteiger partial charge in [0, 0.05) is 16.5 Å². The van der Waals surface area contributed by atoms with Gasteiger partial charge in [-0.1, -0.05) is 53.0 Å². The van der Waals surface area contributed by atoms with Crippen molar-refractivity contribution in [1.29, 1.82) is 0 Å². The first kappa shape index (κ1) is 16.1. The average molecular weight is 381 g/mol. The molecule has 0 fully saturated rings. The monoisotopic (exact) mass is 379 g/mol. The number of rotatable bonds is 2. The minimum Gasteiger partial charge on any atom is -0.495 e. The van der Waals surface area contributed by atoms with Gasteiger partial charge in [0.25, 0.3) is 0 Å². The van der Waals surface area contributed by atoms with Crippen molar-refractivity contribution >= 4 is 40.5 Å². The number of benzene rings is 2. The highest BCUT2D eigenvalue weighted by atomic mass is 35.5. The van der Waals surface area contributed by atoms with Crippen LogP contribution >= 0.6 is 34.8 Å². The summed E-state index contributed by atoms with van der Waals surface area (Å²) in [4.78, 5) is 0. The maximum atomic E-state index is 6.51. The van der Waals surface area contributed by atoms with Crippen molar-refractivity contribution in [3.05, 3.63) is 68.7 Å². The van der Waals surface area contributed by atoms with Crippen molar-refractivity contribution in [2.45, 2.75) is 18.4 Å². The third kappa shape index (κ3) is 2.48. The van der Waals surface area contributed by atoms with Gasteiger partial charge in [0.2, 0.25) is 0 Å². The van der Waals surface area contributed by atoms with Gasteiger partial charge in [-0.05, 0) is 42.2 Å². The van der Waals surface area contributed by atoms with Crippen LogP contribution in [0.15, 0.2) is 42.5 Å². The fourth-order valence-corrected chi connectivity index (χ4v) is 4.43. The van der Waals surface area contributed by atoms with Crippen LogP contribution in [0.1, 0.15) is 29.5 Å². The summed E-state index contributed by atoms with van der Waals surface area (Å²) in [7, 11) is 1.68. The molecule has 0 saturated heterocycles. The summed E-state index contributed by atoms with van der Waals surface area (Å²) in [5, 5.41) is 5.55. The predicted molar refractivity (Wildman–Crippen MR) is 101 cm³/mol. The predicted octanol–water partition coefficient (Wildman–Crippen LogP) is 6.48. The Kier molecular flexibility index (Phi) is 4.16. The van der Waals surface area contributed by atoms with Gasteiger partial charge in [0.05, 0.1) is 28.9 Å². The molecule has 3 atom stereocenters. The zero-order chi connectivity index (χ0) is 16.8. The molecule has 0 spiro atoms. The van der Waals surface area contributed by atoms with E-state index >= 15 is 0 Å². The molecule has 0 radical (unpaired) electrons. The molecule has 0 unspecified atom stereocenters. The molecule has 2 aromatic carbocycles. The number of nitrogens with one attached hydrogen (secondary N) is 1. The fourth-order valence-electron chi connectivity index (χ4n) is 3.84. The number of hydrogen-bond donors (Lipinski definition) is 1. The molecule has 2 nitrogen and oxygen atoms in total. The maximum Gasteiger partial charge on any atom is 0.142 e. The van der Waals surface area contributed by atoms with Crippen molar-refractivity contribution < 1.29 is 4.74 Å². The molecule has 124 valence electrons. The summed E-state index contributed by atoms with van der Waals surface area (Å²) >= 11 is 18.8. The Morgan fingerprint density at radius 3 is 2.58 bits per heavy atom. The van der Waals surface area contributed by atoms with Crippen LogP contribution in [0.25, 0.3) is 0 Å². The third-order valence-electron chi connectivity index (χ3n) is 4.95. The maximum absolute atomic E-state index is 6.51. The summed E-state index contributed by atoms with van der Waals surface area (Å²) in [6.45, 7) is 0. The van der Waals surface area contributed by atoms with Crippen molar-refractivity contribution in [3.63, 3.8) is 0 Å². The normalized spacial score (nSPS) is 24.2. The second kappa shape index (κ2) is 6.18. The Bertz CT molecular complexity index is 834. The lowest BCUT2D eigenvalue weighted by atomic mass is 9.77. The van der Waals surface area contributed by atoms with Crippen LogP contribution < -0.4 is 10.1 Å². The van der Waals surface area contributed by atoms with Gasteiger partial charge in [-0.15, -0.1) is 0 Å². The molecule has 2 aliphatic rings. The summed E-state index contributed by atoms with van der Waals surface area (Å²) in [5.41, 5.74) is 3.20. The van der Waals surface area contributed by atoms with Gasteiger partial charge in [-0.25, -0.2) is 0 Å². The molecular weight excluding hydrogens is 365 g/mol. The van der Waals surface area contributed by atoms with Gasteiger partial charge in [0.15, 0.2) is 0 Å². The summed E-state index contributed by atoms with van der Waals surface area (Å²) in [6, 6.07) is 9.76. The molecule has 0 amide bonds. The third-order valence-corrected chi connectivity index (χ3v) is 6.02. The van der Waals surface area contributed by atoms with E-state index in [0.717, 1.165) is 34.0 Å². The fraction of sp³-hybridized carbons (Fsp3) is 0.263. The lowest BCUT2D eigenvalue weighted by molar-refractivity contribution is 0.397. The second-order valence-corrected chi connectivity index (χ2v) is 7.41. The molecule has 1 heterocycles. The van der Waals surface area contributed by atoms with Crippen molar-refractivity contribution in [2.24, 2.45) is 5.92 Å². The molecule has 1 aliphatic carbocycles. The first-order chi connectivity index (χ1) is 11.6. The lowest BCUT2D eigenvalue weighted by Gasteiger charge is -2.38. The van der Waals surface area contributed by atoms with Crippen LogP contribution in [-0.4, -0.2) is 7.11 Å². The van der Waals surface area contributed by atoms with E-state index in [4.69, 9.17) is 39.5 Å². The number of methoxy groups -OCH3 is 1. The molecular formula is C19H16Cl3NO. The van der Waals surface area contributed by atoms with E-state index in [2.05, 4.69) is 17.5 Å². The highest BCUT2D eigenvalue weighted by Gasteiger charge is 2.40. The molecule has 0 bridgehead atoms. The van der Waals surface area contributed by atoms with Crippen LogP contribution in [0.2, 0.25) is 15.1 Å². The summed E-state index contributed by atoms with van der Waals surface area (Å²) in [6.07, 6.45) is 5.47. The highest BCUT2D eigenvalue weighted by Crippen LogP contribution is 2.54. The number of halogens is 3. The Morgan fingerprint density at radius 2 is 1.83 bits per heavy atom. The standard InChI is InChI=1S/C19H16Cl3NO/c1-24-16-8-7-14(21)17-11-3-2-4-12(11)18(23-19(16)17)10-5-6-13(20)15(22)9-10/h2-3,5-9,11-12,18,23H,4H2,1H3/t11-,12+,18-/m0/s1.